The molecule has 1 N–H and O–H groups in total. The van der Waals surface area contributed by atoms with Crippen LogP contribution in [0.1, 0.15) is 13.8 Å². The van der Waals surface area contributed by atoms with Gasteiger partial charge in [-0.3, -0.25) is 4.79 Å². The van der Waals surface area contributed by atoms with Gasteiger partial charge in [0.2, 0.25) is 0 Å². The van der Waals surface area contributed by atoms with Gasteiger partial charge in [0.15, 0.2) is 11.9 Å². The zero-order chi connectivity index (χ0) is 15.2. The van der Waals surface area contributed by atoms with Crippen molar-refractivity contribution in [1.82, 2.24) is 0 Å². The summed E-state index contributed by atoms with van der Waals surface area (Å²) in [6.07, 6.45) is -1.38. The van der Waals surface area contributed by atoms with E-state index in [4.69, 9.17) is 14.2 Å². The molecule has 6 nitrogen and oxygen atoms in total. The molecular formula is C15H19NO5. The molecule has 0 saturated carbocycles. The fraction of sp³-hybridized carbons (Fsp3) is 0.533. The van der Waals surface area contributed by atoms with E-state index in [0.29, 0.717) is 18.0 Å². The summed E-state index contributed by atoms with van der Waals surface area (Å²) in [5.41, 5.74) is 0.712. The number of rotatable bonds is 3. The van der Waals surface area contributed by atoms with Gasteiger partial charge >= 0.3 is 0 Å². The van der Waals surface area contributed by atoms with Gasteiger partial charge < -0.3 is 24.2 Å². The van der Waals surface area contributed by atoms with Gasteiger partial charge in [0.25, 0.3) is 5.91 Å². The molecule has 2 saturated heterocycles. The van der Waals surface area contributed by atoms with Crippen LogP contribution in [0.25, 0.3) is 0 Å². The molecule has 0 bridgehead atoms. The third-order valence-electron chi connectivity index (χ3n) is 3.87. The van der Waals surface area contributed by atoms with Crippen molar-refractivity contribution < 1.29 is 24.1 Å². The Morgan fingerprint density at radius 2 is 2.00 bits per heavy atom. The molecule has 2 fully saturated rings. The van der Waals surface area contributed by atoms with Gasteiger partial charge in [-0.05, 0) is 38.1 Å². The Kier molecular flexibility index (Phi) is 3.39. The molecule has 2 aliphatic heterocycles. The smallest absolute Gasteiger partial charge is 0.258 e. The normalized spacial score (nSPS) is 31.1. The van der Waals surface area contributed by atoms with Crippen molar-refractivity contribution in [3.05, 3.63) is 24.3 Å². The fourth-order valence-electron chi connectivity index (χ4n) is 2.79. The molecule has 21 heavy (non-hydrogen) atoms. The van der Waals surface area contributed by atoms with Crippen molar-refractivity contribution in [3.63, 3.8) is 0 Å². The third kappa shape index (κ3) is 2.39. The molecule has 0 radical (unpaired) electrons. The van der Waals surface area contributed by atoms with Gasteiger partial charge in [-0.15, -0.1) is 0 Å². The van der Waals surface area contributed by atoms with Crippen molar-refractivity contribution in [3.8, 4) is 5.75 Å². The van der Waals surface area contributed by atoms with Crippen LogP contribution < -0.4 is 9.64 Å². The maximum atomic E-state index is 12.0. The van der Waals surface area contributed by atoms with E-state index in [1.165, 1.54) is 0 Å². The standard InChI is InChI=1S/C15H19NO5/c1-15(2)20-8-11(21-15)12-13(17)14(18)16(12)9-4-6-10(19-3)7-5-9/h4-7,11-13,17H,8H2,1-3H3/t11-,12+,13-/m1/s1. The monoisotopic (exact) mass is 293 g/mol. The number of benzene rings is 1. The molecule has 2 heterocycles. The first-order chi connectivity index (χ1) is 9.93. The van der Waals surface area contributed by atoms with Gasteiger partial charge in [-0.25, -0.2) is 0 Å². The zero-order valence-electron chi connectivity index (χ0n) is 12.3. The summed E-state index contributed by atoms with van der Waals surface area (Å²) in [7, 11) is 1.59. The highest BCUT2D eigenvalue weighted by atomic mass is 16.7. The molecule has 3 rings (SSSR count). The lowest BCUT2D eigenvalue weighted by atomic mass is 9.92. The number of amides is 1. The first kappa shape index (κ1) is 14.3. The van der Waals surface area contributed by atoms with Crippen LogP contribution in [0.15, 0.2) is 24.3 Å². The second-order valence-corrected chi connectivity index (χ2v) is 5.71. The van der Waals surface area contributed by atoms with Crippen LogP contribution in [-0.2, 0) is 14.3 Å². The van der Waals surface area contributed by atoms with E-state index in [2.05, 4.69) is 0 Å². The number of aliphatic hydroxyl groups excluding tert-OH is 1. The number of hydrogen-bond donors (Lipinski definition) is 1. The summed E-state index contributed by atoms with van der Waals surface area (Å²) < 4.78 is 16.4. The van der Waals surface area contributed by atoms with E-state index in [-0.39, 0.29) is 12.0 Å². The van der Waals surface area contributed by atoms with Crippen molar-refractivity contribution >= 4 is 11.6 Å². The van der Waals surface area contributed by atoms with Crippen molar-refractivity contribution in [2.75, 3.05) is 18.6 Å². The molecule has 2 aliphatic rings. The van der Waals surface area contributed by atoms with Gasteiger partial charge in [0.05, 0.1) is 13.7 Å². The lowest BCUT2D eigenvalue weighted by Gasteiger charge is -2.46. The number of hydrogen-bond acceptors (Lipinski definition) is 5. The lowest BCUT2D eigenvalue weighted by molar-refractivity contribution is -0.158. The molecule has 114 valence electrons. The largest absolute Gasteiger partial charge is 0.497 e. The van der Waals surface area contributed by atoms with E-state index in [1.807, 2.05) is 13.8 Å². The van der Waals surface area contributed by atoms with Gasteiger partial charge in [0, 0.05) is 5.69 Å². The summed E-state index contributed by atoms with van der Waals surface area (Å²) in [5, 5.41) is 9.99. The molecule has 1 aromatic rings. The Balaban J connectivity index is 1.81. The highest BCUT2D eigenvalue weighted by molar-refractivity contribution is 6.04. The topological polar surface area (TPSA) is 68.2 Å². The molecular weight excluding hydrogens is 274 g/mol. The van der Waals surface area contributed by atoms with Crippen molar-refractivity contribution in [2.24, 2.45) is 0 Å². The average molecular weight is 293 g/mol. The number of methoxy groups -OCH3 is 1. The Hall–Kier alpha value is -1.63. The highest BCUT2D eigenvalue weighted by Crippen LogP contribution is 2.36. The van der Waals surface area contributed by atoms with Gasteiger partial charge in [-0.2, -0.15) is 0 Å². The Bertz CT molecular complexity index is 541. The maximum absolute atomic E-state index is 12.0. The van der Waals surface area contributed by atoms with Gasteiger partial charge in [0.1, 0.15) is 17.9 Å². The van der Waals surface area contributed by atoms with Crippen LogP contribution in [0.3, 0.4) is 0 Å². The van der Waals surface area contributed by atoms with Crippen LogP contribution in [0.4, 0.5) is 5.69 Å². The SMILES string of the molecule is COc1ccc(N2C(=O)[C@H](O)[C@@H]2[C@H]2COC(C)(C)O2)cc1. The molecule has 0 aromatic heterocycles. The van der Waals surface area contributed by atoms with Crippen LogP contribution >= 0.6 is 0 Å². The summed E-state index contributed by atoms with van der Waals surface area (Å²) in [6, 6.07) is 6.71. The number of carbonyl (C=O) groups is 1. The van der Waals surface area contributed by atoms with Crippen molar-refractivity contribution in [2.45, 2.75) is 37.9 Å². The quantitative estimate of drug-likeness (QED) is 0.839. The minimum atomic E-state index is -1.05. The predicted octanol–water partition coefficient (Wildman–Crippen LogP) is 0.923. The van der Waals surface area contributed by atoms with Crippen LogP contribution in [0.5, 0.6) is 5.75 Å². The second-order valence-electron chi connectivity index (χ2n) is 5.71. The summed E-state index contributed by atoms with van der Waals surface area (Å²) in [4.78, 5) is 13.5. The number of anilines is 1. The average Bonchev–Trinajstić information content (AvgIpc) is 2.83. The number of aliphatic hydroxyl groups is 1. The molecule has 1 aromatic carbocycles. The molecule has 6 heteroatoms. The second kappa shape index (κ2) is 4.98. The first-order valence-electron chi connectivity index (χ1n) is 6.90. The molecule has 0 unspecified atom stereocenters. The number of ether oxygens (including phenoxy) is 3. The minimum absolute atomic E-state index is 0.321. The van der Waals surface area contributed by atoms with E-state index >= 15 is 0 Å². The molecule has 0 spiro atoms. The third-order valence-corrected chi connectivity index (χ3v) is 3.87. The van der Waals surface area contributed by atoms with E-state index in [0.717, 1.165) is 0 Å². The number of β-lactam (4-membered cyclic amide) rings is 1. The van der Waals surface area contributed by atoms with E-state index in [1.54, 1.807) is 36.3 Å². The Labute approximate surface area is 123 Å². The first-order valence-corrected chi connectivity index (χ1v) is 6.90. The molecule has 1 amide bonds. The zero-order valence-corrected chi connectivity index (χ0v) is 12.3. The predicted molar refractivity (Wildman–Crippen MR) is 75.2 cm³/mol. The van der Waals surface area contributed by atoms with E-state index in [9.17, 15) is 9.90 Å². The Morgan fingerprint density at radius 1 is 1.33 bits per heavy atom. The number of carbonyl (C=O) groups excluding carboxylic acids is 1. The maximum Gasteiger partial charge on any atom is 0.258 e. The lowest BCUT2D eigenvalue weighted by Crippen LogP contribution is -2.70. The van der Waals surface area contributed by atoms with Gasteiger partial charge in [-0.1, -0.05) is 0 Å². The molecule has 3 atom stereocenters. The van der Waals surface area contributed by atoms with E-state index < -0.39 is 17.9 Å². The highest BCUT2D eigenvalue weighted by Gasteiger charge is 2.54. The van der Waals surface area contributed by atoms with Crippen LogP contribution in [0, 0.1) is 0 Å². The van der Waals surface area contributed by atoms with Crippen LogP contribution in [0.2, 0.25) is 0 Å². The Morgan fingerprint density at radius 3 is 2.52 bits per heavy atom. The minimum Gasteiger partial charge on any atom is -0.497 e. The number of nitrogens with zero attached hydrogens (tertiary/aromatic N) is 1. The summed E-state index contributed by atoms with van der Waals surface area (Å²) >= 11 is 0. The molecule has 0 aliphatic carbocycles. The van der Waals surface area contributed by atoms with Crippen LogP contribution in [-0.4, -0.2) is 48.8 Å². The summed E-state index contributed by atoms with van der Waals surface area (Å²) in [6.45, 7) is 3.99. The summed E-state index contributed by atoms with van der Waals surface area (Å²) in [5.74, 6) is -0.293. The fourth-order valence-corrected chi connectivity index (χ4v) is 2.79. The van der Waals surface area contributed by atoms with Crippen molar-refractivity contribution in [1.29, 1.82) is 0 Å².